The predicted octanol–water partition coefficient (Wildman–Crippen LogP) is 3.93. The summed E-state index contributed by atoms with van der Waals surface area (Å²) in [5, 5.41) is 8.79. The van der Waals surface area contributed by atoms with Crippen molar-refractivity contribution in [3.8, 4) is 5.75 Å². The largest absolute Gasteiger partial charge is 0.497 e. The standard InChI is InChI=1S/C17H28O3/c1-3-7-17(8-5-4-6-13-18)20-14-15-9-11-16(19-2)12-10-15/h9-12,17-18H,3-8,13-14H2,1-2H3/t17-/m0/s1. The third-order valence-electron chi connectivity index (χ3n) is 3.44. The zero-order chi connectivity index (χ0) is 14.6. The average Bonchev–Trinajstić information content (AvgIpc) is 2.49. The lowest BCUT2D eigenvalue weighted by molar-refractivity contribution is 0.0271. The number of aliphatic hydroxyl groups is 1. The quantitative estimate of drug-likeness (QED) is 0.624. The molecule has 3 nitrogen and oxygen atoms in total. The van der Waals surface area contributed by atoms with Gasteiger partial charge in [-0.15, -0.1) is 0 Å². The third-order valence-corrected chi connectivity index (χ3v) is 3.44. The average molecular weight is 280 g/mol. The van der Waals surface area contributed by atoms with E-state index in [4.69, 9.17) is 14.6 Å². The molecule has 3 heteroatoms. The molecular weight excluding hydrogens is 252 g/mol. The second kappa shape index (κ2) is 10.7. The van der Waals surface area contributed by atoms with Crippen LogP contribution in [-0.2, 0) is 11.3 Å². The Labute approximate surface area is 122 Å². The smallest absolute Gasteiger partial charge is 0.118 e. The molecule has 0 saturated carbocycles. The van der Waals surface area contributed by atoms with Gasteiger partial charge in [-0.2, -0.15) is 0 Å². The lowest BCUT2D eigenvalue weighted by Gasteiger charge is -2.17. The maximum absolute atomic E-state index is 8.79. The molecule has 0 bridgehead atoms. The van der Waals surface area contributed by atoms with Gasteiger partial charge < -0.3 is 14.6 Å². The molecule has 0 heterocycles. The van der Waals surface area contributed by atoms with Crippen molar-refractivity contribution < 1.29 is 14.6 Å². The number of benzene rings is 1. The second-order valence-electron chi connectivity index (χ2n) is 5.14. The highest BCUT2D eigenvalue weighted by atomic mass is 16.5. The lowest BCUT2D eigenvalue weighted by Crippen LogP contribution is -2.12. The highest BCUT2D eigenvalue weighted by molar-refractivity contribution is 5.26. The van der Waals surface area contributed by atoms with E-state index < -0.39 is 0 Å². The van der Waals surface area contributed by atoms with E-state index in [9.17, 15) is 0 Å². The van der Waals surface area contributed by atoms with Gasteiger partial charge in [-0.1, -0.05) is 38.3 Å². The fourth-order valence-electron chi connectivity index (χ4n) is 2.23. The molecule has 1 rings (SSSR count). The molecule has 0 aromatic heterocycles. The minimum Gasteiger partial charge on any atom is -0.497 e. The van der Waals surface area contributed by atoms with Crippen LogP contribution in [-0.4, -0.2) is 24.9 Å². The van der Waals surface area contributed by atoms with Gasteiger partial charge in [0.1, 0.15) is 5.75 Å². The summed E-state index contributed by atoms with van der Waals surface area (Å²) < 4.78 is 11.2. The van der Waals surface area contributed by atoms with Crippen molar-refractivity contribution in [1.29, 1.82) is 0 Å². The van der Waals surface area contributed by atoms with E-state index in [2.05, 4.69) is 6.92 Å². The molecule has 0 unspecified atom stereocenters. The first-order chi connectivity index (χ1) is 9.80. The Morgan fingerprint density at radius 2 is 1.80 bits per heavy atom. The van der Waals surface area contributed by atoms with Crippen molar-refractivity contribution in [3.05, 3.63) is 29.8 Å². The van der Waals surface area contributed by atoms with Crippen molar-refractivity contribution in [2.75, 3.05) is 13.7 Å². The van der Waals surface area contributed by atoms with E-state index in [1.165, 1.54) is 5.56 Å². The summed E-state index contributed by atoms with van der Waals surface area (Å²) >= 11 is 0. The summed E-state index contributed by atoms with van der Waals surface area (Å²) in [6.07, 6.45) is 6.79. The predicted molar refractivity (Wildman–Crippen MR) is 82.0 cm³/mol. The second-order valence-corrected chi connectivity index (χ2v) is 5.14. The number of hydrogen-bond acceptors (Lipinski definition) is 3. The third kappa shape index (κ3) is 6.92. The normalized spacial score (nSPS) is 12.3. The van der Waals surface area contributed by atoms with Gasteiger partial charge in [0.25, 0.3) is 0 Å². The molecule has 114 valence electrons. The monoisotopic (exact) mass is 280 g/mol. The van der Waals surface area contributed by atoms with E-state index in [0.29, 0.717) is 19.3 Å². The number of hydrogen-bond donors (Lipinski definition) is 1. The van der Waals surface area contributed by atoms with Crippen LogP contribution in [0.25, 0.3) is 0 Å². The van der Waals surface area contributed by atoms with Crippen LogP contribution in [0.15, 0.2) is 24.3 Å². The van der Waals surface area contributed by atoms with E-state index >= 15 is 0 Å². The van der Waals surface area contributed by atoms with Crippen molar-refractivity contribution >= 4 is 0 Å². The first-order valence-electron chi connectivity index (χ1n) is 7.65. The molecule has 1 aromatic rings. The molecule has 0 amide bonds. The first-order valence-corrected chi connectivity index (χ1v) is 7.65. The number of rotatable bonds is 11. The Morgan fingerprint density at radius 3 is 2.40 bits per heavy atom. The van der Waals surface area contributed by atoms with Crippen LogP contribution in [0.4, 0.5) is 0 Å². The molecule has 0 fully saturated rings. The summed E-state index contributed by atoms with van der Waals surface area (Å²) in [6.45, 7) is 3.15. The highest BCUT2D eigenvalue weighted by Crippen LogP contribution is 2.16. The van der Waals surface area contributed by atoms with Gasteiger partial charge in [0.15, 0.2) is 0 Å². The zero-order valence-corrected chi connectivity index (χ0v) is 12.8. The Morgan fingerprint density at radius 1 is 1.05 bits per heavy atom. The van der Waals surface area contributed by atoms with Crippen molar-refractivity contribution in [2.24, 2.45) is 0 Å². The van der Waals surface area contributed by atoms with Crippen LogP contribution in [0.3, 0.4) is 0 Å². The Balaban J connectivity index is 2.32. The minimum absolute atomic E-state index is 0.297. The van der Waals surface area contributed by atoms with Gasteiger partial charge in [0, 0.05) is 6.61 Å². The number of ether oxygens (including phenoxy) is 2. The van der Waals surface area contributed by atoms with Crippen LogP contribution in [0.5, 0.6) is 5.75 Å². The SMILES string of the molecule is CCC[C@@H](CCCCCO)OCc1ccc(OC)cc1. The molecule has 0 aliphatic carbocycles. The van der Waals surface area contributed by atoms with Gasteiger partial charge in [-0.25, -0.2) is 0 Å². The van der Waals surface area contributed by atoms with Gasteiger partial charge in [0.05, 0.1) is 19.8 Å². The first kappa shape index (κ1) is 17.0. The Kier molecular flexibility index (Phi) is 9.09. The summed E-state index contributed by atoms with van der Waals surface area (Å²) in [6, 6.07) is 8.03. The maximum atomic E-state index is 8.79. The van der Waals surface area contributed by atoms with Crippen LogP contribution >= 0.6 is 0 Å². The topological polar surface area (TPSA) is 38.7 Å². The summed E-state index contributed by atoms with van der Waals surface area (Å²) in [7, 11) is 1.68. The summed E-state index contributed by atoms with van der Waals surface area (Å²) in [4.78, 5) is 0. The van der Waals surface area contributed by atoms with Crippen LogP contribution < -0.4 is 4.74 Å². The molecule has 0 aliphatic heterocycles. The van der Waals surface area contributed by atoms with E-state index in [-0.39, 0.29) is 0 Å². The van der Waals surface area contributed by atoms with Crippen molar-refractivity contribution in [2.45, 2.75) is 58.2 Å². The highest BCUT2D eigenvalue weighted by Gasteiger charge is 2.08. The molecule has 1 aromatic carbocycles. The van der Waals surface area contributed by atoms with E-state index in [1.807, 2.05) is 24.3 Å². The molecule has 1 N–H and O–H groups in total. The molecule has 20 heavy (non-hydrogen) atoms. The number of methoxy groups -OCH3 is 1. The van der Waals surface area contributed by atoms with E-state index in [0.717, 1.165) is 44.3 Å². The van der Waals surface area contributed by atoms with Crippen LogP contribution in [0.1, 0.15) is 51.0 Å². The lowest BCUT2D eigenvalue weighted by atomic mass is 10.1. The Bertz CT molecular complexity index is 335. The molecular formula is C17H28O3. The maximum Gasteiger partial charge on any atom is 0.118 e. The van der Waals surface area contributed by atoms with Crippen LogP contribution in [0.2, 0.25) is 0 Å². The van der Waals surface area contributed by atoms with Crippen molar-refractivity contribution in [1.82, 2.24) is 0 Å². The Hall–Kier alpha value is -1.06. The van der Waals surface area contributed by atoms with Gasteiger partial charge in [-0.05, 0) is 37.0 Å². The molecule has 0 spiro atoms. The molecule has 0 saturated heterocycles. The zero-order valence-electron chi connectivity index (χ0n) is 12.8. The molecule has 1 atom stereocenters. The summed E-state index contributed by atoms with van der Waals surface area (Å²) in [5.74, 6) is 0.878. The van der Waals surface area contributed by atoms with Crippen molar-refractivity contribution in [3.63, 3.8) is 0 Å². The van der Waals surface area contributed by atoms with Gasteiger partial charge in [-0.3, -0.25) is 0 Å². The molecule has 0 aliphatic rings. The van der Waals surface area contributed by atoms with Crippen LogP contribution in [0, 0.1) is 0 Å². The number of unbranched alkanes of at least 4 members (excludes halogenated alkanes) is 2. The fourth-order valence-corrected chi connectivity index (χ4v) is 2.23. The van der Waals surface area contributed by atoms with Gasteiger partial charge >= 0.3 is 0 Å². The number of aliphatic hydroxyl groups excluding tert-OH is 1. The molecule has 0 radical (unpaired) electrons. The van der Waals surface area contributed by atoms with E-state index in [1.54, 1.807) is 7.11 Å². The fraction of sp³-hybridized carbons (Fsp3) is 0.647. The summed E-state index contributed by atoms with van der Waals surface area (Å²) in [5.41, 5.74) is 1.18. The minimum atomic E-state index is 0.297. The van der Waals surface area contributed by atoms with Gasteiger partial charge in [0.2, 0.25) is 0 Å².